The maximum Gasteiger partial charge on any atom is 0.326 e. The molecule has 0 saturated heterocycles. The first-order chi connectivity index (χ1) is 18.4. The van der Waals surface area contributed by atoms with Gasteiger partial charge < -0.3 is 26.4 Å². The van der Waals surface area contributed by atoms with E-state index >= 15 is 0 Å². The Morgan fingerprint density at radius 3 is 2.08 bits per heavy atom. The SMILES string of the molecule is CC(/C=C/C(=O)Nc1ccc(C(=O)N[C@@H](CCC(N)=O)C(=O)O)cc1)=C\[C@@H](C)C(=O)c1ccc(N(C)C)cc1. The fourth-order valence-electron chi connectivity index (χ4n) is 3.59. The second kappa shape index (κ2) is 14.3. The summed E-state index contributed by atoms with van der Waals surface area (Å²) in [7, 11) is 3.86. The third-order valence-corrected chi connectivity index (χ3v) is 5.79. The number of ketones is 1. The summed E-state index contributed by atoms with van der Waals surface area (Å²) in [6, 6.07) is 12.0. The highest BCUT2D eigenvalue weighted by Gasteiger charge is 2.21. The Bertz CT molecular complexity index is 1260. The molecular formula is C29H34N4O6. The van der Waals surface area contributed by atoms with Crippen molar-refractivity contribution in [3.63, 3.8) is 0 Å². The number of allylic oxidation sites excluding steroid dienone is 3. The Kier molecular flexibility index (Phi) is 11.2. The lowest BCUT2D eigenvalue weighted by Crippen LogP contribution is -2.41. The van der Waals surface area contributed by atoms with Crippen molar-refractivity contribution in [3.8, 4) is 0 Å². The molecule has 0 fully saturated rings. The molecule has 0 aromatic heterocycles. The number of rotatable bonds is 13. The van der Waals surface area contributed by atoms with Crippen LogP contribution >= 0.6 is 0 Å². The summed E-state index contributed by atoms with van der Waals surface area (Å²) < 4.78 is 0. The second-order valence-electron chi connectivity index (χ2n) is 9.27. The van der Waals surface area contributed by atoms with Crippen LogP contribution in [0.2, 0.25) is 0 Å². The minimum atomic E-state index is -1.28. The zero-order chi connectivity index (χ0) is 29.1. The molecule has 0 aliphatic rings. The van der Waals surface area contributed by atoms with Crippen molar-refractivity contribution in [1.29, 1.82) is 0 Å². The van der Waals surface area contributed by atoms with Crippen molar-refractivity contribution in [2.45, 2.75) is 32.7 Å². The summed E-state index contributed by atoms with van der Waals surface area (Å²) >= 11 is 0. The number of hydrogen-bond acceptors (Lipinski definition) is 6. The molecule has 39 heavy (non-hydrogen) atoms. The van der Waals surface area contributed by atoms with E-state index in [1.165, 1.54) is 30.3 Å². The molecule has 0 heterocycles. The maximum absolute atomic E-state index is 12.7. The summed E-state index contributed by atoms with van der Waals surface area (Å²) in [6.07, 6.45) is 4.43. The van der Waals surface area contributed by atoms with Crippen LogP contribution in [-0.2, 0) is 14.4 Å². The molecule has 0 unspecified atom stereocenters. The van der Waals surface area contributed by atoms with Crippen LogP contribution in [-0.4, -0.2) is 54.7 Å². The molecule has 2 atom stereocenters. The van der Waals surface area contributed by atoms with E-state index in [0.717, 1.165) is 11.3 Å². The summed E-state index contributed by atoms with van der Waals surface area (Å²) in [6.45, 7) is 3.59. The number of hydrogen-bond donors (Lipinski definition) is 4. The molecule has 10 nitrogen and oxygen atoms in total. The number of carbonyl (C=O) groups is 5. The molecule has 2 aromatic carbocycles. The molecule has 0 bridgehead atoms. The van der Waals surface area contributed by atoms with Gasteiger partial charge in [-0.3, -0.25) is 19.2 Å². The van der Waals surface area contributed by atoms with Gasteiger partial charge in [-0.2, -0.15) is 0 Å². The highest BCUT2D eigenvalue weighted by atomic mass is 16.4. The Balaban J connectivity index is 1.93. The highest BCUT2D eigenvalue weighted by molar-refractivity contribution is 6.01. The Morgan fingerprint density at radius 2 is 1.54 bits per heavy atom. The normalized spacial score (nSPS) is 12.9. The highest BCUT2D eigenvalue weighted by Crippen LogP contribution is 2.17. The molecule has 0 spiro atoms. The summed E-state index contributed by atoms with van der Waals surface area (Å²) in [5.41, 5.74) is 8.01. The van der Waals surface area contributed by atoms with E-state index in [1.54, 1.807) is 38.1 Å². The lowest BCUT2D eigenvalue weighted by molar-refractivity contribution is -0.139. The molecule has 2 aromatic rings. The maximum atomic E-state index is 12.7. The average molecular weight is 535 g/mol. The number of carboxylic acid groups (broad SMARTS) is 1. The van der Waals surface area contributed by atoms with Gasteiger partial charge in [-0.05, 0) is 61.9 Å². The Morgan fingerprint density at radius 1 is 0.949 bits per heavy atom. The van der Waals surface area contributed by atoms with Gasteiger partial charge in [0.25, 0.3) is 5.91 Å². The van der Waals surface area contributed by atoms with E-state index in [1.807, 2.05) is 31.1 Å². The van der Waals surface area contributed by atoms with Gasteiger partial charge in [-0.25, -0.2) is 4.79 Å². The van der Waals surface area contributed by atoms with Crippen LogP contribution in [0.15, 0.2) is 72.3 Å². The van der Waals surface area contributed by atoms with E-state index in [0.29, 0.717) is 11.3 Å². The van der Waals surface area contributed by atoms with Crippen molar-refractivity contribution >= 4 is 40.8 Å². The first kappa shape index (κ1) is 30.5. The van der Waals surface area contributed by atoms with Gasteiger partial charge in [0.05, 0.1) is 0 Å². The van der Waals surface area contributed by atoms with Crippen LogP contribution in [0.4, 0.5) is 11.4 Å². The summed E-state index contributed by atoms with van der Waals surface area (Å²) in [5.74, 6) is -3.38. The fraction of sp³-hybridized carbons (Fsp3) is 0.276. The van der Waals surface area contributed by atoms with Gasteiger partial charge in [0.15, 0.2) is 5.78 Å². The molecule has 3 amide bonds. The predicted molar refractivity (Wildman–Crippen MR) is 150 cm³/mol. The molecule has 206 valence electrons. The van der Waals surface area contributed by atoms with Crippen LogP contribution in [0.5, 0.6) is 0 Å². The van der Waals surface area contributed by atoms with Crippen molar-refractivity contribution in [1.82, 2.24) is 5.32 Å². The van der Waals surface area contributed by atoms with Crippen molar-refractivity contribution in [2.75, 3.05) is 24.3 Å². The number of anilines is 2. The number of Topliss-reactive ketones (excluding diaryl/α,β-unsaturated/α-hetero) is 1. The summed E-state index contributed by atoms with van der Waals surface area (Å²) in [4.78, 5) is 61.6. The first-order valence-corrected chi connectivity index (χ1v) is 12.3. The molecule has 0 radical (unpaired) electrons. The predicted octanol–water partition coefficient (Wildman–Crippen LogP) is 3.16. The first-order valence-electron chi connectivity index (χ1n) is 12.3. The number of nitrogens with zero attached hydrogens (tertiary/aromatic N) is 1. The topological polar surface area (TPSA) is 159 Å². The molecule has 0 saturated carbocycles. The van der Waals surface area contributed by atoms with E-state index < -0.39 is 29.7 Å². The van der Waals surface area contributed by atoms with Crippen LogP contribution in [0, 0.1) is 5.92 Å². The van der Waals surface area contributed by atoms with Gasteiger partial charge in [0.1, 0.15) is 6.04 Å². The minimum Gasteiger partial charge on any atom is -0.480 e. The quantitative estimate of drug-likeness (QED) is 0.174. The van der Waals surface area contributed by atoms with E-state index in [-0.39, 0.29) is 30.1 Å². The van der Waals surface area contributed by atoms with Gasteiger partial charge in [0.2, 0.25) is 11.8 Å². The molecule has 0 aliphatic carbocycles. The zero-order valence-electron chi connectivity index (χ0n) is 22.4. The monoisotopic (exact) mass is 534 g/mol. The van der Waals surface area contributed by atoms with Crippen LogP contribution in [0.3, 0.4) is 0 Å². The van der Waals surface area contributed by atoms with Crippen LogP contribution in [0.1, 0.15) is 47.4 Å². The number of nitrogens with two attached hydrogens (primary N) is 1. The lowest BCUT2D eigenvalue weighted by Gasteiger charge is -2.14. The number of carboxylic acids is 1. The number of amides is 3. The average Bonchev–Trinajstić information content (AvgIpc) is 2.89. The van der Waals surface area contributed by atoms with Gasteiger partial charge in [-0.15, -0.1) is 0 Å². The van der Waals surface area contributed by atoms with E-state index in [4.69, 9.17) is 5.73 Å². The fourth-order valence-corrected chi connectivity index (χ4v) is 3.59. The van der Waals surface area contributed by atoms with E-state index in [2.05, 4.69) is 10.6 Å². The van der Waals surface area contributed by atoms with Gasteiger partial charge in [-0.1, -0.05) is 24.6 Å². The van der Waals surface area contributed by atoms with Crippen molar-refractivity contribution < 1.29 is 29.1 Å². The molecule has 0 aliphatic heterocycles. The summed E-state index contributed by atoms with van der Waals surface area (Å²) in [5, 5.41) is 14.2. The number of carbonyl (C=O) groups excluding carboxylic acids is 4. The van der Waals surface area contributed by atoms with Crippen molar-refractivity contribution in [2.24, 2.45) is 11.7 Å². The number of primary amides is 1. The van der Waals surface area contributed by atoms with Gasteiger partial charge in [0, 0.05) is 55.0 Å². The van der Waals surface area contributed by atoms with E-state index in [9.17, 15) is 29.1 Å². The largest absolute Gasteiger partial charge is 0.480 e. The molecular weight excluding hydrogens is 500 g/mol. The minimum absolute atomic E-state index is 0.0239. The molecule has 2 rings (SSSR count). The lowest BCUT2D eigenvalue weighted by atomic mass is 9.97. The van der Waals surface area contributed by atoms with Crippen LogP contribution in [0.25, 0.3) is 0 Å². The van der Waals surface area contributed by atoms with Crippen LogP contribution < -0.4 is 21.3 Å². The van der Waals surface area contributed by atoms with Gasteiger partial charge >= 0.3 is 5.97 Å². The second-order valence-corrected chi connectivity index (χ2v) is 9.27. The molecule has 10 heteroatoms. The van der Waals surface area contributed by atoms with Crippen molar-refractivity contribution in [3.05, 3.63) is 83.5 Å². The smallest absolute Gasteiger partial charge is 0.326 e. The zero-order valence-corrected chi connectivity index (χ0v) is 22.4. The Hall–Kier alpha value is -4.73. The third kappa shape index (κ3) is 9.92. The number of benzene rings is 2. The number of aliphatic carboxylic acids is 1. The standard InChI is InChI=1S/C29H34N4O6/c1-18(17-19(2)27(36)20-8-12-23(13-9-20)33(3)4)5-16-26(35)31-22-10-6-21(7-11-22)28(37)32-24(29(38)39)14-15-25(30)34/h5-13,16-17,19,24H,14-15H2,1-4H3,(H2,30,34)(H,31,35)(H,32,37)(H,38,39)/b16-5+,18-17+/t19-,24+/m1/s1. The number of nitrogens with one attached hydrogen (secondary N) is 2. The molecule has 5 N–H and O–H groups in total. The third-order valence-electron chi connectivity index (χ3n) is 5.79. The Labute approximate surface area is 227 Å².